The summed E-state index contributed by atoms with van der Waals surface area (Å²) in [4.78, 5) is 4.32. The van der Waals surface area contributed by atoms with E-state index in [4.69, 9.17) is 15.3 Å². The molecule has 5 nitrogen and oxygen atoms in total. The predicted octanol–water partition coefficient (Wildman–Crippen LogP) is 1.69. The van der Waals surface area contributed by atoms with E-state index in [0.717, 1.165) is 11.2 Å². The van der Waals surface area contributed by atoms with Gasteiger partial charge in [-0.15, -0.1) is 0 Å². The number of fused-ring (bicyclic) bond motifs is 1. The molecule has 1 aromatic carbocycles. The van der Waals surface area contributed by atoms with Crippen LogP contribution in [0.1, 0.15) is 24.3 Å². The summed E-state index contributed by atoms with van der Waals surface area (Å²) >= 11 is 0. The zero-order valence-electron chi connectivity index (χ0n) is 9.44. The molecule has 5 heteroatoms. The fourth-order valence-electron chi connectivity index (χ4n) is 1.99. The maximum Gasteiger partial charge on any atom is 0.295 e. The molecule has 1 aliphatic carbocycles. The normalized spacial score (nSPS) is 15.4. The third-order valence-corrected chi connectivity index (χ3v) is 3.00. The Bertz CT molecular complexity index is 546. The van der Waals surface area contributed by atoms with Gasteiger partial charge in [0, 0.05) is 18.3 Å². The molecule has 0 amide bonds. The first-order valence-corrected chi connectivity index (χ1v) is 5.82. The number of aromatic nitrogens is 1. The van der Waals surface area contributed by atoms with Crippen molar-refractivity contribution in [1.29, 1.82) is 0 Å². The molecule has 0 bridgehead atoms. The molecule has 3 rings (SSSR count). The zero-order chi connectivity index (χ0) is 11.8. The Balaban J connectivity index is 1.97. The van der Waals surface area contributed by atoms with Gasteiger partial charge < -0.3 is 20.6 Å². The smallest absolute Gasteiger partial charge is 0.295 e. The molecule has 17 heavy (non-hydrogen) atoms. The average molecular weight is 233 g/mol. The summed E-state index contributed by atoms with van der Waals surface area (Å²) in [5.41, 5.74) is 9.46. The minimum absolute atomic E-state index is 0.0498. The summed E-state index contributed by atoms with van der Waals surface area (Å²) < 4.78 is 5.49. The summed E-state index contributed by atoms with van der Waals surface area (Å²) in [6.45, 7) is 0.478. The molecule has 0 spiro atoms. The van der Waals surface area contributed by atoms with Crippen LogP contribution < -0.4 is 11.1 Å². The topological polar surface area (TPSA) is 84.3 Å². The van der Waals surface area contributed by atoms with E-state index in [1.807, 2.05) is 12.1 Å². The first kappa shape index (κ1) is 10.4. The molecule has 90 valence electrons. The first-order chi connectivity index (χ1) is 8.28. The van der Waals surface area contributed by atoms with Crippen LogP contribution >= 0.6 is 0 Å². The predicted molar refractivity (Wildman–Crippen MR) is 66.0 cm³/mol. The van der Waals surface area contributed by atoms with Gasteiger partial charge in [-0.05, 0) is 30.4 Å². The molecular formula is C12H15N3O2. The van der Waals surface area contributed by atoms with Gasteiger partial charge in [-0.25, -0.2) is 0 Å². The minimum atomic E-state index is 0.0498. The van der Waals surface area contributed by atoms with Crippen LogP contribution in [-0.4, -0.2) is 23.2 Å². The number of nitrogens with zero attached hydrogens (tertiary/aromatic N) is 1. The number of aliphatic hydroxyl groups is 1. The van der Waals surface area contributed by atoms with E-state index in [1.165, 1.54) is 18.4 Å². The fraction of sp³-hybridized carbons (Fsp3) is 0.417. The highest BCUT2D eigenvalue weighted by atomic mass is 16.4. The largest absolute Gasteiger partial charge is 0.423 e. The van der Waals surface area contributed by atoms with Gasteiger partial charge >= 0.3 is 0 Å². The van der Waals surface area contributed by atoms with E-state index in [9.17, 15) is 0 Å². The molecule has 4 N–H and O–H groups in total. The molecule has 1 aromatic heterocycles. The van der Waals surface area contributed by atoms with Gasteiger partial charge in [-0.3, -0.25) is 0 Å². The van der Waals surface area contributed by atoms with E-state index in [1.54, 1.807) is 0 Å². The third-order valence-electron chi connectivity index (χ3n) is 3.00. The van der Waals surface area contributed by atoms with Gasteiger partial charge in [0.25, 0.3) is 6.01 Å². The Morgan fingerprint density at radius 1 is 1.47 bits per heavy atom. The Kier molecular flexibility index (Phi) is 2.40. The highest BCUT2D eigenvalue weighted by molar-refractivity contribution is 5.80. The summed E-state index contributed by atoms with van der Waals surface area (Å²) in [5.74, 6) is 0.602. The van der Waals surface area contributed by atoms with E-state index in [-0.39, 0.29) is 6.61 Å². The Morgan fingerprint density at radius 3 is 3.00 bits per heavy atom. The van der Waals surface area contributed by atoms with Crippen LogP contribution in [0.15, 0.2) is 16.5 Å². The van der Waals surface area contributed by atoms with Crippen molar-refractivity contribution < 1.29 is 9.52 Å². The SMILES string of the molecule is Nc1cc2oc(NCCO)nc2cc1C1CC1. The van der Waals surface area contributed by atoms with Gasteiger partial charge in [-0.2, -0.15) is 4.98 Å². The summed E-state index contributed by atoms with van der Waals surface area (Å²) in [6, 6.07) is 4.28. The van der Waals surface area contributed by atoms with Crippen LogP contribution in [-0.2, 0) is 0 Å². The molecule has 0 atom stereocenters. The summed E-state index contributed by atoms with van der Waals surface area (Å²) in [5, 5.41) is 11.6. The van der Waals surface area contributed by atoms with Crippen LogP contribution in [0.3, 0.4) is 0 Å². The van der Waals surface area contributed by atoms with Gasteiger partial charge in [-0.1, -0.05) is 0 Å². The summed E-state index contributed by atoms with van der Waals surface area (Å²) in [6.07, 6.45) is 2.42. The van der Waals surface area contributed by atoms with E-state index in [2.05, 4.69) is 10.3 Å². The quantitative estimate of drug-likeness (QED) is 0.700. The summed E-state index contributed by atoms with van der Waals surface area (Å²) in [7, 11) is 0. The average Bonchev–Trinajstić information content (AvgIpc) is 3.07. The van der Waals surface area contributed by atoms with Crippen molar-refractivity contribution in [3.05, 3.63) is 17.7 Å². The van der Waals surface area contributed by atoms with E-state index < -0.39 is 0 Å². The lowest BCUT2D eigenvalue weighted by Gasteiger charge is -2.01. The number of oxazole rings is 1. The van der Waals surface area contributed by atoms with Gasteiger partial charge in [0.1, 0.15) is 5.52 Å². The molecule has 0 unspecified atom stereocenters. The fourth-order valence-corrected chi connectivity index (χ4v) is 1.99. The van der Waals surface area contributed by atoms with Crippen LogP contribution in [0, 0.1) is 0 Å². The number of hydrogen-bond acceptors (Lipinski definition) is 5. The number of nitrogens with one attached hydrogen (secondary N) is 1. The second-order valence-electron chi connectivity index (χ2n) is 4.39. The molecule has 1 heterocycles. The molecule has 2 aromatic rings. The number of rotatable bonds is 4. The van der Waals surface area contributed by atoms with Gasteiger partial charge in [0.15, 0.2) is 5.58 Å². The van der Waals surface area contributed by atoms with Crippen LogP contribution in [0.5, 0.6) is 0 Å². The number of hydrogen-bond donors (Lipinski definition) is 3. The Morgan fingerprint density at radius 2 is 2.29 bits per heavy atom. The standard InChI is InChI=1S/C12H15N3O2/c13-9-6-11-10(5-8(9)7-1-2-7)15-12(17-11)14-3-4-16/h5-7,16H,1-4,13H2,(H,14,15). The zero-order valence-corrected chi connectivity index (χ0v) is 9.44. The third kappa shape index (κ3) is 1.93. The number of aliphatic hydroxyl groups excluding tert-OH is 1. The van der Waals surface area contributed by atoms with Crippen molar-refractivity contribution in [2.24, 2.45) is 0 Å². The second-order valence-corrected chi connectivity index (χ2v) is 4.39. The maximum absolute atomic E-state index is 8.72. The van der Waals surface area contributed by atoms with Crippen molar-refractivity contribution in [3.63, 3.8) is 0 Å². The van der Waals surface area contributed by atoms with Crippen molar-refractivity contribution in [1.82, 2.24) is 4.98 Å². The highest BCUT2D eigenvalue weighted by Gasteiger charge is 2.26. The molecule has 0 radical (unpaired) electrons. The minimum Gasteiger partial charge on any atom is -0.423 e. The Labute approximate surface area is 98.6 Å². The lowest BCUT2D eigenvalue weighted by molar-refractivity contribution is 0.310. The lowest BCUT2D eigenvalue weighted by Crippen LogP contribution is -2.05. The number of nitrogen functional groups attached to an aromatic ring is 1. The molecule has 0 saturated heterocycles. The van der Waals surface area contributed by atoms with Gasteiger partial charge in [0.2, 0.25) is 0 Å². The van der Waals surface area contributed by atoms with Crippen LogP contribution in [0.2, 0.25) is 0 Å². The van der Waals surface area contributed by atoms with Crippen molar-refractivity contribution in [3.8, 4) is 0 Å². The van der Waals surface area contributed by atoms with Crippen LogP contribution in [0.25, 0.3) is 11.1 Å². The maximum atomic E-state index is 8.72. The molecule has 0 aliphatic heterocycles. The first-order valence-electron chi connectivity index (χ1n) is 5.82. The molecule has 1 aliphatic rings. The number of benzene rings is 1. The molecule has 1 saturated carbocycles. The van der Waals surface area contributed by atoms with E-state index in [0.29, 0.717) is 24.1 Å². The van der Waals surface area contributed by atoms with Gasteiger partial charge in [0.05, 0.1) is 6.61 Å². The highest BCUT2D eigenvalue weighted by Crippen LogP contribution is 2.43. The monoisotopic (exact) mass is 233 g/mol. The van der Waals surface area contributed by atoms with Crippen molar-refractivity contribution in [2.45, 2.75) is 18.8 Å². The molecule has 1 fully saturated rings. The number of anilines is 2. The Hall–Kier alpha value is -1.75. The number of nitrogens with two attached hydrogens (primary N) is 1. The molecular weight excluding hydrogens is 218 g/mol. The van der Waals surface area contributed by atoms with E-state index >= 15 is 0 Å². The van der Waals surface area contributed by atoms with Crippen molar-refractivity contribution in [2.75, 3.05) is 24.2 Å². The lowest BCUT2D eigenvalue weighted by atomic mass is 10.1. The second kappa shape index (κ2) is 3.92. The van der Waals surface area contributed by atoms with Crippen LogP contribution in [0.4, 0.5) is 11.7 Å². The van der Waals surface area contributed by atoms with Crippen molar-refractivity contribution >= 4 is 22.8 Å².